The van der Waals surface area contributed by atoms with Crippen molar-refractivity contribution in [2.45, 2.75) is 65.1 Å². The monoisotopic (exact) mass is 482 g/mol. The Hall–Kier alpha value is -2.57. The number of benzene rings is 1. The Balaban J connectivity index is 1.65. The smallest absolute Gasteiger partial charge is 0.255 e. The molecule has 1 N–H and O–H groups in total. The minimum atomic E-state index is -0.123. The summed E-state index contributed by atoms with van der Waals surface area (Å²) >= 11 is 6.61. The van der Waals surface area contributed by atoms with E-state index in [1.165, 1.54) is 12.8 Å². The van der Waals surface area contributed by atoms with E-state index in [1.807, 2.05) is 32.0 Å². The predicted molar refractivity (Wildman–Crippen MR) is 140 cm³/mol. The summed E-state index contributed by atoms with van der Waals surface area (Å²) in [5.74, 6) is 0.494. The lowest BCUT2D eigenvalue weighted by Crippen LogP contribution is -2.42. The first-order chi connectivity index (χ1) is 16.3. The molecule has 1 aromatic carbocycles. The number of aromatic amines is 1. The second kappa shape index (κ2) is 10.4. The number of pyridine rings is 2. The summed E-state index contributed by atoms with van der Waals surface area (Å²) in [6.07, 6.45) is 6.50. The Kier molecular flexibility index (Phi) is 7.48. The molecule has 7 heteroatoms. The van der Waals surface area contributed by atoms with E-state index in [1.54, 1.807) is 6.20 Å². The predicted octanol–water partition coefficient (Wildman–Crippen LogP) is 5.47. The van der Waals surface area contributed by atoms with Crippen LogP contribution >= 0.6 is 11.6 Å². The fourth-order valence-corrected chi connectivity index (χ4v) is 5.48. The summed E-state index contributed by atoms with van der Waals surface area (Å²) in [7, 11) is 4.35. The number of anilines is 1. The van der Waals surface area contributed by atoms with Crippen molar-refractivity contribution in [1.29, 1.82) is 0 Å². The summed E-state index contributed by atoms with van der Waals surface area (Å²) in [6.45, 7) is 7.07. The summed E-state index contributed by atoms with van der Waals surface area (Å²) < 4.78 is 6.10. The van der Waals surface area contributed by atoms with Crippen LogP contribution in [-0.4, -0.2) is 47.6 Å². The van der Waals surface area contributed by atoms with Gasteiger partial charge < -0.3 is 19.5 Å². The van der Waals surface area contributed by atoms with Crippen molar-refractivity contribution >= 4 is 28.1 Å². The molecule has 1 aliphatic carbocycles. The Labute approximate surface area is 206 Å². The van der Waals surface area contributed by atoms with Gasteiger partial charge in [-0.25, -0.2) is 4.98 Å². The molecule has 6 nitrogen and oxygen atoms in total. The number of hydrogen-bond acceptors (Lipinski definition) is 5. The average molecular weight is 483 g/mol. The third-order valence-corrected chi connectivity index (χ3v) is 7.34. The molecule has 2 heterocycles. The molecule has 3 aromatic rings. The van der Waals surface area contributed by atoms with Crippen LogP contribution in [0, 0.1) is 13.8 Å². The molecule has 1 aliphatic rings. The number of nitrogens with zero attached hydrogens (tertiary/aromatic N) is 3. The highest BCUT2D eigenvalue weighted by molar-refractivity contribution is 6.32. The molecule has 0 atom stereocenters. The van der Waals surface area contributed by atoms with Crippen LogP contribution in [0.3, 0.4) is 0 Å². The molecule has 0 unspecified atom stereocenters. The molecule has 0 amide bonds. The van der Waals surface area contributed by atoms with Gasteiger partial charge in [-0.05, 0) is 90.4 Å². The topological polar surface area (TPSA) is 61.5 Å². The van der Waals surface area contributed by atoms with Crippen LogP contribution in [0.4, 0.5) is 5.69 Å². The Morgan fingerprint density at radius 1 is 1.09 bits per heavy atom. The number of rotatable bonds is 7. The SMILES string of the molecule is CCN(c1cc(Cl)cc2c(OCc3c(C)cc(C)[nH]c3=O)nccc12)C1CCC(N(C)C)CC1. The first-order valence-electron chi connectivity index (χ1n) is 12.1. The maximum atomic E-state index is 12.4. The molecular weight excluding hydrogens is 448 g/mol. The maximum Gasteiger partial charge on any atom is 0.255 e. The average Bonchev–Trinajstić information content (AvgIpc) is 2.79. The number of ether oxygens (including phenoxy) is 1. The van der Waals surface area contributed by atoms with Crippen LogP contribution in [0.25, 0.3) is 10.8 Å². The molecule has 0 aliphatic heterocycles. The molecule has 182 valence electrons. The molecule has 0 spiro atoms. The Morgan fingerprint density at radius 3 is 2.44 bits per heavy atom. The number of fused-ring (bicyclic) bond motifs is 1. The van der Waals surface area contributed by atoms with Gasteiger partial charge >= 0.3 is 0 Å². The van der Waals surface area contributed by atoms with Crippen molar-refractivity contribution in [2.75, 3.05) is 25.5 Å². The molecule has 0 bridgehead atoms. The van der Waals surface area contributed by atoms with E-state index in [9.17, 15) is 4.79 Å². The van der Waals surface area contributed by atoms with Gasteiger partial charge in [-0.15, -0.1) is 0 Å². The summed E-state index contributed by atoms with van der Waals surface area (Å²) in [6, 6.07) is 9.09. The Bertz CT molecular complexity index is 1220. The zero-order valence-electron chi connectivity index (χ0n) is 20.8. The zero-order valence-corrected chi connectivity index (χ0v) is 21.6. The lowest BCUT2D eigenvalue weighted by molar-refractivity contribution is 0.214. The molecule has 0 saturated heterocycles. The van der Waals surface area contributed by atoms with Gasteiger partial charge in [0, 0.05) is 52.0 Å². The minimum Gasteiger partial charge on any atom is -0.472 e. The summed E-state index contributed by atoms with van der Waals surface area (Å²) in [4.78, 5) is 24.6. The number of halogens is 1. The van der Waals surface area contributed by atoms with Crippen molar-refractivity contribution in [2.24, 2.45) is 0 Å². The number of aromatic nitrogens is 2. The van der Waals surface area contributed by atoms with Crippen molar-refractivity contribution in [3.05, 3.63) is 62.7 Å². The van der Waals surface area contributed by atoms with Gasteiger partial charge in [0.1, 0.15) is 6.61 Å². The molecule has 34 heavy (non-hydrogen) atoms. The minimum absolute atomic E-state index is 0.123. The number of H-pyrrole nitrogens is 1. The van der Waals surface area contributed by atoms with Crippen molar-refractivity contribution < 1.29 is 4.74 Å². The van der Waals surface area contributed by atoms with Gasteiger partial charge in [-0.2, -0.15) is 0 Å². The second-order valence-corrected chi connectivity index (χ2v) is 10.0. The summed E-state index contributed by atoms with van der Waals surface area (Å²) in [5.41, 5.74) is 3.35. The lowest BCUT2D eigenvalue weighted by atomic mass is 9.89. The van der Waals surface area contributed by atoms with E-state index < -0.39 is 0 Å². The highest BCUT2D eigenvalue weighted by atomic mass is 35.5. The molecule has 2 aromatic heterocycles. The number of hydrogen-bond donors (Lipinski definition) is 1. The zero-order chi connectivity index (χ0) is 24.4. The third kappa shape index (κ3) is 5.08. The van der Waals surface area contributed by atoms with Crippen LogP contribution in [0.15, 0.2) is 35.3 Å². The van der Waals surface area contributed by atoms with E-state index in [0.29, 0.717) is 28.5 Å². The van der Waals surface area contributed by atoms with Gasteiger partial charge in [0.05, 0.1) is 5.56 Å². The Morgan fingerprint density at radius 2 is 1.79 bits per heavy atom. The normalized spacial score (nSPS) is 18.4. The fourth-order valence-electron chi connectivity index (χ4n) is 5.27. The molecule has 0 radical (unpaired) electrons. The standard InChI is InChI=1S/C27H35ClN4O2/c1-6-32(21-9-7-20(8-10-21)31(4)5)25-15-19(28)14-23-22(25)11-12-29-27(23)34-16-24-17(2)13-18(3)30-26(24)33/h11-15,20-21H,6-10,16H2,1-5H3,(H,30,33). The quantitative estimate of drug-likeness (QED) is 0.483. The van der Waals surface area contributed by atoms with Crippen LogP contribution in [0.5, 0.6) is 5.88 Å². The van der Waals surface area contributed by atoms with Crippen LogP contribution in [-0.2, 0) is 6.61 Å². The van der Waals surface area contributed by atoms with Gasteiger partial charge in [-0.3, -0.25) is 4.79 Å². The van der Waals surface area contributed by atoms with E-state index >= 15 is 0 Å². The van der Waals surface area contributed by atoms with Crippen molar-refractivity contribution in [3.63, 3.8) is 0 Å². The number of nitrogens with one attached hydrogen (secondary N) is 1. The van der Waals surface area contributed by atoms with Crippen LogP contribution < -0.4 is 15.2 Å². The van der Waals surface area contributed by atoms with E-state index in [2.05, 4.69) is 46.9 Å². The largest absolute Gasteiger partial charge is 0.472 e. The molecule has 1 fully saturated rings. The van der Waals surface area contributed by atoms with E-state index in [-0.39, 0.29) is 12.2 Å². The van der Waals surface area contributed by atoms with Crippen LogP contribution in [0.1, 0.15) is 49.4 Å². The molecule has 4 rings (SSSR count). The lowest BCUT2D eigenvalue weighted by Gasteiger charge is -2.40. The third-order valence-electron chi connectivity index (χ3n) is 7.12. The maximum absolute atomic E-state index is 12.4. The number of aryl methyl sites for hydroxylation is 2. The highest BCUT2D eigenvalue weighted by Crippen LogP contribution is 2.38. The van der Waals surface area contributed by atoms with Crippen LogP contribution in [0.2, 0.25) is 5.02 Å². The van der Waals surface area contributed by atoms with Gasteiger partial charge in [-0.1, -0.05) is 11.6 Å². The van der Waals surface area contributed by atoms with Gasteiger partial charge in [0.2, 0.25) is 5.88 Å². The first-order valence-corrected chi connectivity index (χ1v) is 12.5. The highest BCUT2D eigenvalue weighted by Gasteiger charge is 2.27. The second-order valence-electron chi connectivity index (χ2n) is 9.58. The van der Waals surface area contributed by atoms with E-state index in [4.69, 9.17) is 16.3 Å². The molecular formula is C27H35ClN4O2. The summed E-state index contributed by atoms with van der Waals surface area (Å²) in [5, 5.41) is 2.59. The van der Waals surface area contributed by atoms with Crippen molar-refractivity contribution in [1.82, 2.24) is 14.9 Å². The van der Waals surface area contributed by atoms with Gasteiger partial charge in [0.25, 0.3) is 5.56 Å². The van der Waals surface area contributed by atoms with Gasteiger partial charge in [0.15, 0.2) is 0 Å². The van der Waals surface area contributed by atoms with Crippen molar-refractivity contribution in [3.8, 4) is 5.88 Å². The fraction of sp³-hybridized carbons (Fsp3) is 0.481. The first kappa shape index (κ1) is 24.6. The van der Waals surface area contributed by atoms with E-state index in [0.717, 1.165) is 47.1 Å². The molecule has 1 saturated carbocycles.